The van der Waals surface area contributed by atoms with Crippen molar-refractivity contribution in [3.05, 3.63) is 78.4 Å². The van der Waals surface area contributed by atoms with Gasteiger partial charge < -0.3 is 14.2 Å². The quantitative estimate of drug-likeness (QED) is 0.354. The molecule has 7 heteroatoms. The van der Waals surface area contributed by atoms with Crippen molar-refractivity contribution >= 4 is 11.8 Å². The van der Waals surface area contributed by atoms with E-state index in [-0.39, 0.29) is 0 Å². The van der Waals surface area contributed by atoms with Gasteiger partial charge in [0.15, 0.2) is 11.0 Å². The molecule has 158 valence electrons. The van der Waals surface area contributed by atoms with Crippen LogP contribution in [-0.2, 0) is 5.75 Å². The van der Waals surface area contributed by atoms with Crippen molar-refractivity contribution < 1.29 is 14.2 Å². The highest BCUT2D eigenvalue weighted by Crippen LogP contribution is 2.34. The number of hydrogen-bond donors (Lipinski definition) is 0. The van der Waals surface area contributed by atoms with Gasteiger partial charge in [0.25, 0.3) is 0 Å². The average molecular weight is 434 g/mol. The van der Waals surface area contributed by atoms with Gasteiger partial charge in [-0.3, -0.25) is 4.57 Å². The number of rotatable bonds is 8. The second-order valence-electron chi connectivity index (χ2n) is 6.68. The molecule has 0 fully saturated rings. The first-order chi connectivity index (χ1) is 15.2. The molecule has 4 rings (SSSR count). The normalized spacial score (nSPS) is 10.7. The maximum atomic E-state index is 5.57. The fraction of sp³-hybridized carbons (Fsp3) is 0.167. The molecule has 0 atom stereocenters. The zero-order valence-electron chi connectivity index (χ0n) is 17.6. The molecule has 0 aliphatic rings. The number of aromatic nitrogens is 3. The van der Waals surface area contributed by atoms with Crippen LogP contribution in [0.1, 0.15) is 5.56 Å². The molecule has 1 aromatic heterocycles. The number of benzene rings is 3. The molecule has 0 amide bonds. The zero-order valence-corrected chi connectivity index (χ0v) is 18.4. The molecule has 4 aromatic rings. The van der Waals surface area contributed by atoms with Crippen LogP contribution in [0.4, 0.5) is 0 Å². The molecule has 0 spiro atoms. The van der Waals surface area contributed by atoms with Crippen molar-refractivity contribution in [3.8, 4) is 34.3 Å². The first kappa shape index (κ1) is 20.8. The van der Waals surface area contributed by atoms with Gasteiger partial charge in [-0.15, -0.1) is 10.2 Å². The summed E-state index contributed by atoms with van der Waals surface area (Å²) in [5.41, 5.74) is 2.97. The van der Waals surface area contributed by atoms with E-state index in [2.05, 4.69) is 16.3 Å². The van der Waals surface area contributed by atoms with E-state index in [0.717, 1.165) is 50.8 Å². The van der Waals surface area contributed by atoms with E-state index in [1.54, 1.807) is 33.1 Å². The molecule has 0 unspecified atom stereocenters. The predicted octanol–water partition coefficient (Wildman–Crippen LogP) is 5.25. The van der Waals surface area contributed by atoms with E-state index in [1.807, 2.05) is 71.3 Å². The number of methoxy groups -OCH3 is 3. The molecule has 0 aliphatic carbocycles. The lowest BCUT2D eigenvalue weighted by Gasteiger charge is -2.13. The van der Waals surface area contributed by atoms with Gasteiger partial charge >= 0.3 is 0 Å². The molecule has 1 heterocycles. The fourth-order valence-electron chi connectivity index (χ4n) is 3.24. The van der Waals surface area contributed by atoms with Crippen molar-refractivity contribution in [3.63, 3.8) is 0 Å². The van der Waals surface area contributed by atoms with Gasteiger partial charge in [-0.2, -0.15) is 0 Å². The molecule has 3 aromatic carbocycles. The van der Waals surface area contributed by atoms with E-state index in [4.69, 9.17) is 14.2 Å². The lowest BCUT2D eigenvalue weighted by Crippen LogP contribution is -2.01. The molecule has 0 saturated carbocycles. The third kappa shape index (κ3) is 4.51. The van der Waals surface area contributed by atoms with Crippen molar-refractivity contribution in [2.45, 2.75) is 10.9 Å². The standard InChI is InChI=1S/C24H23N3O3S/c1-28-19-13-11-18(12-14-19)27-23(21-9-4-5-10-22(21)30-3)25-26-24(27)31-16-17-7-6-8-20(15-17)29-2/h4-15H,16H2,1-3H3. The Morgan fingerprint density at radius 3 is 2.29 bits per heavy atom. The summed E-state index contributed by atoms with van der Waals surface area (Å²) in [5, 5.41) is 9.80. The third-order valence-corrected chi connectivity index (χ3v) is 5.81. The minimum absolute atomic E-state index is 0.718. The first-order valence-corrected chi connectivity index (χ1v) is 10.7. The first-order valence-electron chi connectivity index (χ1n) is 9.72. The van der Waals surface area contributed by atoms with Crippen LogP contribution in [-0.4, -0.2) is 36.1 Å². The monoisotopic (exact) mass is 433 g/mol. The Morgan fingerprint density at radius 2 is 1.55 bits per heavy atom. The Kier molecular flexibility index (Phi) is 6.43. The summed E-state index contributed by atoms with van der Waals surface area (Å²) in [6.45, 7) is 0. The summed E-state index contributed by atoms with van der Waals surface area (Å²) in [5.74, 6) is 3.83. The van der Waals surface area contributed by atoms with E-state index in [1.165, 1.54) is 0 Å². The van der Waals surface area contributed by atoms with Gasteiger partial charge in [0.05, 0.1) is 32.6 Å². The van der Waals surface area contributed by atoms with Crippen LogP contribution in [0.3, 0.4) is 0 Å². The van der Waals surface area contributed by atoms with Crippen molar-refractivity contribution in [1.29, 1.82) is 0 Å². The number of nitrogens with zero attached hydrogens (tertiary/aromatic N) is 3. The highest BCUT2D eigenvalue weighted by Gasteiger charge is 2.19. The van der Waals surface area contributed by atoms with E-state index in [0.29, 0.717) is 0 Å². The molecule has 0 radical (unpaired) electrons. The van der Waals surface area contributed by atoms with Crippen LogP contribution >= 0.6 is 11.8 Å². The molecule has 6 nitrogen and oxygen atoms in total. The van der Waals surface area contributed by atoms with Gasteiger partial charge in [0.1, 0.15) is 17.2 Å². The summed E-state index contributed by atoms with van der Waals surface area (Å²) in [4.78, 5) is 0. The summed E-state index contributed by atoms with van der Waals surface area (Å²) >= 11 is 1.61. The maximum Gasteiger partial charge on any atom is 0.196 e. The Bertz CT molecular complexity index is 1160. The minimum atomic E-state index is 0.718. The Hall–Kier alpha value is -3.45. The average Bonchev–Trinajstić information content (AvgIpc) is 3.26. The lowest BCUT2D eigenvalue weighted by molar-refractivity contribution is 0.414. The molecular formula is C24H23N3O3S. The van der Waals surface area contributed by atoms with Crippen LogP contribution in [0, 0.1) is 0 Å². The Balaban J connectivity index is 1.75. The van der Waals surface area contributed by atoms with Crippen molar-refractivity contribution in [2.75, 3.05) is 21.3 Å². The minimum Gasteiger partial charge on any atom is -0.497 e. The van der Waals surface area contributed by atoms with Gasteiger partial charge in [0, 0.05) is 5.75 Å². The van der Waals surface area contributed by atoms with Crippen LogP contribution < -0.4 is 14.2 Å². The summed E-state index contributed by atoms with van der Waals surface area (Å²) in [7, 11) is 4.99. The number of ether oxygens (including phenoxy) is 3. The summed E-state index contributed by atoms with van der Waals surface area (Å²) < 4.78 is 18.3. The van der Waals surface area contributed by atoms with Crippen LogP contribution in [0.2, 0.25) is 0 Å². The Morgan fingerprint density at radius 1 is 0.774 bits per heavy atom. The predicted molar refractivity (Wildman–Crippen MR) is 122 cm³/mol. The van der Waals surface area contributed by atoms with Gasteiger partial charge in [-0.1, -0.05) is 36.0 Å². The highest BCUT2D eigenvalue weighted by atomic mass is 32.2. The number of hydrogen-bond acceptors (Lipinski definition) is 6. The molecular weight excluding hydrogens is 410 g/mol. The zero-order chi connectivity index (χ0) is 21.6. The number of thioether (sulfide) groups is 1. The van der Waals surface area contributed by atoms with E-state index < -0.39 is 0 Å². The number of para-hydroxylation sites is 1. The van der Waals surface area contributed by atoms with E-state index >= 15 is 0 Å². The summed E-state index contributed by atoms with van der Waals surface area (Å²) in [6.07, 6.45) is 0. The summed E-state index contributed by atoms with van der Waals surface area (Å²) in [6, 6.07) is 23.7. The lowest BCUT2D eigenvalue weighted by atomic mass is 10.2. The smallest absolute Gasteiger partial charge is 0.196 e. The van der Waals surface area contributed by atoms with Gasteiger partial charge in [-0.25, -0.2) is 0 Å². The van der Waals surface area contributed by atoms with E-state index in [9.17, 15) is 0 Å². The second kappa shape index (κ2) is 9.57. The third-order valence-electron chi connectivity index (χ3n) is 4.81. The molecule has 0 saturated heterocycles. The second-order valence-corrected chi connectivity index (χ2v) is 7.62. The van der Waals surface area contributed by atoms with Crippen molar-refractivity contribution in [1.82, 2.24) is 14.8 Å². The topological polar surface area (TPSA) is 58.4 Å². The fourth-order valence-corrected chi connectivity index (χ4v) is 4.14. The van der Waals surface area contributed by atoms with Gasteiger partial charge in [0.2, 0.25) is 0 Å². The largest absolute Gasteiger partial charge is 0.497 e. The molecule has 31 heavy (non-hydrogen) atoms. The maximum absolute atomic E-state index is 5.57. The molecule has 0 aliphatic heterocycles. The molecule has 0 bridgehead atoms. The highest BCUT2D eigenvalue weighted by molar-refractivity contribution is 7.98. The SMILES string of the molecule is COc1ccc(-n2c(SCc3cccc(OC)c3)nnc2-c2ccccc2OC)cc1. The Labute approximate surface area is 185 Å². The van der Waals surface area contributed by atoms with Gasteiger partial charge in [-0.05, 0) is 54.1 Å². The van der Waals surface area contributed by atoms with Crippen LogP contribution in [0.15, 0.2) is 78.0 Å². The van der Waals surface area contributed by atoms with Crippen molar-refractivity contribution in [2.24, 2.45) is 0 Å². The van der Waals surface area contributed by atoms with Crippen LogP contribution in [0.5, 0.6) is 17.2 Å². The van der Waals surface area contributed by atoms with Crippen LogP contribution in [0.25, 0.3) is 17.1 Å². The molecule has 0 N–H and O–H groups in total.